The molecule has 0 bridgehead atoms. The summed E-state index contributed by atoms with van der Waals surface area (Å²) in [6.07, 6.45) is 4.26. The van der Waals surface area contributed by atoms with Gasteiger partial charge in [0.25, 0.3) is 0 Å². The van der Waals surface area contributed by atoms with Crippen LogP contribution in [-0.4, -0.2) is 54.7 Å². The highest BCUT2D eigenvalue weighted by atomic mass is 127. The predicted molar refractivity (Wildman–Crippen MR) is 125 cm³/mol. The van der Waals surface area contributed by atoms with Crippen molar-refractivity contribution in [3.05, 3.63) is 42.0 Å². The molecule has 0 aromatic heterocycles. The summed E-state index contributed by atoms with van der Waals surface area (Å²) in [5, 5.41) is 16.3. The molecule has 3 N–H and O–H groups in total. The molecule has 0 atom stereocenters. The monoisotopic (exact) mass is 486 g/mol. The summed E-state index contributed by atoms with van der Waals surface area (Å²) in [4.78, 5) is 7.20. The fourth-order valence-corrected chi connectivity index (χ4v) is 3.27. The van der Waals surface area contributed by atoms with Gasteiger partial charge in [-0.05, 0) is 57.2 Å². The summed E-state index contributed by atoms with van der Waals surface area (Å²) in [5.41, 5.74) is 2.47. The van der Waals surface area contributed by atoms with Gasteiger partial charge in [0.05, 0.1) is 0 Å². The first-order valence-corrected chi connectivity index (χ1v) is 9.76. The Labute approximate surface area is 181 Å². The minimum absolute atomic E-state index is 0. The summed E-state index contributed by atoms with van der Waals surface area (Å²) in [6, 6.07) is 7.92. The summed E-state index contributed by atoms with van der Waals surface area (Å²) in [5.74, 6) is 1.25. The van der Waals surface area contributed by atoms with Crippen LogP contribution in [0.4, 0.5) is 0 Å². The number of nitrogens with zero attached hydrogens (tertiary/aromatic N) is 2. The van der Waals surface area contributed by atoms with Crippen LogP contribution in [-0.2, 0) is 6.42 Å². The van der Waals surface area contributed by atoms with Gasteiger partial charge in [0, 0.05) is 38.8 Å². The standard InChI is InChI=1S/C21H34N4O.HI/c1-4-22-21(23-13-5-6-18-7-9-20(26)10-8-18)24-19-11-14-25(15-12-19)16-17(2)3;/h7-10,19,26H,2,4-6,11-16H2,1,3H3,(H2,22,23,24);1H. The minimum Gasteiger partial charge on any atom is -0.508 e. The molecule has 1 aliphatic rings. The number of aliphatic imine (C=N–C) groups is 1. The number of rotatable bonds is 8. The van der Waals surface area contributed by atoms with Crippen LogP contribution in [0, 0.1) is 0 Å². The van der Waals surface area contributed by atoms with E-state index < -0.39 is 0 Å². The molecule has 1 saturated heterocycles. The third kappa shape index (κ3) is 9.46. The van der Waals surface area contributed by atoms with E-state index >= 15 is 0 Å². The lowest BCUT2D eigenvalue weighted by Gasteiger charge is -2.33. The molecule has 0 radical (unpaired) electrons. The van der Waals surface area contributed by atoms with Crippen molar-refractivity contribution in [2.24, 2.45) is 4.99 Å². The van der Waals surface area contributed by atoms with Crippen molar-refractivity contribution >= 4 is 29.9 Å². The van der Waals surface area contributed by atoms with Crippen LogP contribution in [0.5, 0.6) is 5.75 Å². The third-order valence-corrected chi connectivity index (χ3v) is 4.60. The second kappa shape index (κ2) is 13.0. The fraction of sp³-hybridized carbons (Fsp3) is 0.571. The van der Waals surface area contributed by atoms with E-state index in [9.17, 15) is 5.11 Å². The highest BCUT2D eigenvalue weighted by Crippen LogP contribution is 2.12. The molecule has 0 aliphatic carbocycles. The van der Waals surface area contributed by atoms with E-state index in [0.29, 0.717) is 11.8 Å². The molecule has 1 heterocycles. The Kier molecular flexibility index (Phi) is 11.4. The van der Waals surface area contributed by atoms with E-state index in [2.05, 4.69) is 36.0 Å². The molecule has 0 unspecified atom stereocenters. The number of aromatic hydroxyl groups is 1. The zero-order valence-electron chi connectivity index (χ0n) is 16.7. The van der Waals surface area contributed by atoms with Crippen molar-refractivity contribution in [1.82, 2.24) is 15.5 Å². The SMILES string of the molecule is C=C(C)CN1CCC(NC(=NCCCc2ccc(O)cc2)NCC)CC1.I. The first kappa shape index (κ1) is 23.8. The number of piperidine rings is 1. The number of aryl methyl sites for hydroxylation is 1. The first-order chi connectivity index (χ1) is 12.6. The molecule has 0 spiro atoms. The van der Waals surface area contributed by atoms with E-state index in [1.54, 1.807) is 12.1 Å². The van der Waals surface area contributed by atoms with Gasteiger partial charge in [-0.25, -0.2) is 0 Å². The van der Waals surface area contributed by atoms with Gasteiger partial charge in [0.15, 0.2) is 5.96 Å². The van der Waals surface area contributed by atoms with Gasteiger partial charge in [-0.2, -0.15) is 0 Å². The van der Waals surface area contributed by atoms with Gasteiger partial charge in [-0.3, -0.25) is 9.89 Å². The Balaban J connectivity index is 0.00000364. The van der Waals surface area contributed by atoms with Crippen LogP contribution >= 0.6 is 24.0 Å². The molecule has 1 aromatic rings. The van der Waals surface area contributed by atoms with Gasteiger partial charge in [0.2, 0.25) is 0 Å². The minimum atomic E-state index is 0. The Bertz CT molecular complexity index is 580. The molecular weight excluding hydrogens is 451 g/mol. The zero-order chi connectivity index (χ0) is 18.8. The molecule has 6 heteroatoms. The van der Waals surface area contributed by atoms with Gasteiger partial charge >= 0.3 is 0 Å². The zero-order valence-corrected chi connectivity index (χ0v) is 19.0. The van der Waals surface area contributed by atoms with Crippen LogP contribution in [0.25, 0.3) is 0 Å². The van der Waals surface area contributed by atoms with Crippen molar-refractivity contribution in [2.45, 2.75) is 45.6 Å². The Morgan fingerprint density at radius 2 is 1.93 bits per heavy atom. The van der Waals surface area contributed by atoms with E-state index in [1.165, 1.54) is 11.1 Å². The number of nitrogens with one attached hydrogen (secondary N) is 2. The summed E-state index contributed by atoms with van der Waals surface area (Å²) >= 11 is 0. The van der Waals surface area contributed by atoms with Crippen LogP contribution in [0.15, 0.2) is 41.4 Å². The third-order valence-electron chi connectivity index (χ3n) is 4.60. The molecule has 5 nitrogen and oxygen atoms in total. The molecule has 1 aromatic carbocycles. The van der Waals surface area contributed by atoms with Crippen LogP contribution in [0.3, 0.4) is 0 Å². The molecule has 0 saturated carbocycles. The smallest absolute Gasteiger partial charge is 0.191 e. The quantitative estimate of drug-likeness (QED) is 0.173. The number of benzene rings is 1. The topological polar surface area (TPSA) is 59.9 Å². The van der Waals surface area contributed by atoms with Crippen molar-refractivity contribution in [3.63, 3.8) is 0 Å². The average Bonchev–Trinajstić information content (AvgIpc) is 2.61. The lowest BCUT2D eigenvalue weighted by molar-refractivity contribution is 0.221. The molecular formula is C21H35IN4O. The summed E-state index contributed by atoms with van der Waals surface area (Å²) in [7, 11) is 0. The highest BCUT2D eigenvalue weighted by molar-refractivity contribution is 14.0. The van der Waals surface area contributed by atoms with E-state index in [4.69, 9.17) is 4.99 Å². The number of likely N-dealkylation sites (tertiary alicyclic amines) is 1. The molecule has 2 rings (SSSR count). The second-order valence-corrected chi connectivity index (χ2v) is 7.18. The maximum absolute atomic E-state index is 9.33. The van der Waals surface area contributed by atoms with Crippen LogP contribution < -0.4 is 10.6 Å². The number of phenolic OH excluding ortho intramolecular Hbond substituents is 1. The van der Waals surface area contributed by atoms with Crippen molar-refractivity contribution in [3.8, 4) is 5.75 Å². The van der Waals surface area contributed by atoms with Gasteiger partial charge < -0.3 is 15.7 Å². The average molecular weight is 486 g/mol. The van der Waals surface area contributed by atoms with Crippen molar-refractivity contribution in [1.29, 1.82) is 0 Å². The van der Waals surface area contributed by atoms with E-state index in [-0.39, 0.29) is 24.0 Å². The highest BCUT2D eigenvalue weighted by Gasteiger charge is 2.19. The number of guanidine groups is 1. The summed E-state index contributed by atoms with van der Waals surface area (Å²) in [6.45, 7) is 13.1. The molecule has 152 valence electrons. The number of hydrogen-bond acceptors (Lipinski definition) is 3. The maximum Gasteiger partial charge on any atom is 0.191 e. The largest absolute Gasteiger partial charge is 0.508 e. The van der Waals surface area contributed by atoms with Crippen molar-refractivity contribution < 1.29 is 5.11 Å². The van der Waals surface area contributed by atoms with E-state index in [0.717, 1.165) is 64.4 Å². The first-order valence-electron chi connectivity index (χ1n) is 9.76. The molecule has 27 heavy (non-hydrogen) atoms. The number of hydrogen-bond donors (Lipinski definition) is 3. The van der Waals surface area contributed by atoms with E-state index in [1.807, 2.05) is 12.1 Å². The maximum atomic E-state index is 9.33. The van der Waals surface area contributed by atoms with Crippen LogP contribution in [0.2, 0.25) is 0 Å². The molecule has 1 aliphatic heterocycles. The lowest BCUT2D eigenvalue weighted by atomic mass is 10.0. The molecule has 1 fully saturated rings. The Morgan fingerprint density at radius 3 is 2.52 bits per heavy atom. The van der Waals surface area contributed by atoms with Gasteiger partial charge in [0.1, 0.15) is 5.75 Å². The van der Waals surface area contributed by atoms with Crippen molar-refractivity contribution in [2.75, 3.05) is 32.7 Å². The van der Waals surface area contributed by atoms with Gasteiger partial charge in [-0.1, -0.05) is 24.3 Å². The van der Waals surface area contributed by atoms with Crippen LogP contribution in [0.1, 0.15) is 38.7 Å². The summed E-state index contributed by atoms with van der Waals surface area (Å²) < 4.78 is 0. The predicted octanol–water partition coefficient (Wildman–Crippen LogP) is 3.54. The normalized spacial score (nSPS) is 15.9. The fourth-order valence-electron chi connectivity index (χ4n) is 3.27. The Morgan fingerprint density at radius 1 is 1.26 bits per heavy atom. The number of halogens is 1. The number of phenols is 1. The second-order valence-electron chi connectivity index (χ2n) is 7.18. The lowest BCUT2D eigenvalue weighted by Crippen LogP contribution is -2.48. The Hall–Kier alpha value is -1.28. The van der Waals surface area contributed by atoms with Gasteiger partial charge in [-0.15, -0.1) is 24.0 Å². The molecule has 0 amide bonds.